The Morgan fingerprint density at radius 3 is 1.92 bits per heavy atom. The van der Waals surface area contributed by atoms with E-state index in [1.807, 2.05) is 0 Å². The number of anilines is 2. The summed E-state index contributed by atoms with van der Waals surface area (Å²) in [5, 5.41) is 45.3. The molecule has 5 rings (SSSR count). The molecule has 2 aliphatic rings. The molecule has 1 unspecified atom stereocenters. The summed E-state index contributed by atoms with van der Waals surface area (Å²) in [5.41, 5.74) is 0.00103. The van der Waals surface area contributed by atoms with Gasteiger partial charge in [-0.3, -0.25) is 30.3 Å². The average molecular weight is 889 g/mol. The molecule has 2 aromatic carbocycles. The zero-order chi connectivity index (χ0) is 44.1. The molecule has 61 heavy (non-hydrogen) atoms. The molecule has 0 radical (unpaired) electrons. The molecule has 22 heteroatoms. The van der Waals surface area contributed by atoms with Gasteiger partial charge in [-0.25, -0.2) is 14.6 Å². The Morgan fingerprint density at radius 1 is 0.885 bits per heavy atom. The van der Waals surface area contributed by atoms with Crippen molar-refractivity contribution in [2.45, 2.75) is 61.4 Å². The van der Waals surface area contributed by atoms with Crippen LogP contribution in [0.4, 0.5) is 26.7 Å². The first-order valence-electron chi connectivity index (χ1n) is 19.3. The van der Waals surface area contributed by atoms with Gasteiger partial charge in [0.25, 0.3) is 11.8 Å². The number of hydrogen-bond acceptors (Lipinski definition) is 16. The number of rotatable bonds is 20. The molecule has 2 aliphatic heterocycles. The summed E-state index contributed by atoms with van der Waals surface area (Å²) in [6, 6.07) is 7.62. The number of nitro groups is 1. The number of aromatic nitrogens is 1. The van der Waals surface area contributed by atoms with E-state index in [0.717, 1.165) is 10.8 Å². The monoisotopic (exact) mass is 888 g/mol. The van der Waals surface area contributed by atoms with Gasteiger partial charge in [-0.1, -0.05) is 10.8 Å². The Morgan fingerprint density at radius 2 is 1.43 bits per heavy atom. The molecule has 4 amide bonds. The summed E-state index contributed by atoms with van der Waals surface area (Å²) < 4.78 is 28.5. The van der Waals surface area contributed by atoms with E-state index in [0.29, 0.717) is 38.8 Å². The van der Waals surface area contributed by atoms with Crippen molar-refractivity contribution in [3.05, 3.63) is 63.8 Å². The normalized spacial score (nSPS) is 16.4. The number of carbonyl (C=O) groups excluding carboxylic acids is 3. The minimum Gasteiger partial charge on any atom is -0.493 e. The van der Waals surface area contributed by atoms with Gasteiger partial charge in [-0.15, -0.1) is 0 Å². The molecule has 0 spiro atoms. The standard InChI is InChI=1S/C39H48N6O14S2/c1-23(60-61-35-30(45(53)54)10-4-11-40-35)22-59-39(52)42-29-19-34(32(56-3)17-27(29)37(49)44-13-6-9-25(44)21-47)58-15-7-14-57-33-18-28(41-38(50)51)26(16-31(33)55-2)36(48)43-12-5-8-24(43)20-46/h4,10-11,16-19,23-25,41,46-47H,5-9,12-15,20-22H2,1-3H3,(H,42,52)(H,50,51)/t23?,24-,25-/m0/s1. The fourth-order valence-electron chi connectivity index (χ4n) is 6.74. The molecule has 3 aromatic rings. The van der Waals surface area contributed by atoms with E-state index in [1.54, 1.807) is 6.92 Å². The van der Waals surface area contributed by atoms with Crippen molar-refractivity contribution < 1.29 is 63.1 Å². The van der Waals surface area contributed by atoms with Crippen molar-refractivity contribution in [3.8, 4) is 23.0 Å². The minimum absolute atomic E-state index is 0.0202. The summed E-state index contributed by atoms with van der Waals surface area (Å²) in [7, 11) is 5.07. The molecular formula is C39H48N6O14S2. The highest BCUT2D eigenvalue weighted by atomic mass is 33.1. The Hall–Kier alpha value is -5.71. The fourth-order valence-corrected chi connectivity index (χ4v) is 8.77. The highest BCUT2D eigenvalue weighted by Gasteiger charge is 2.33. The summed E-state index contributed by atoms with van der Waals surface area (Å²) in [4.78, 5) is 70.1. The minimum atomic E-state index is -1.39. The quantitative estimate of drug-likeness (QED) is 0.0405. The number of aliphatic hydroxyl groups is 2. The van der Waals surface area contributed by atoms with Gasteiger partial charge in [0.1, 0.15) is 6.61 Å². The predicted octanol–water partition coefficient (Wildman–Crippen LogP) is 5.52. The van der Waals surface area contributed by atoms with Crippen LogP contribution in [0, 0.1) is 10.1 Å². The van der Waals surface area contributed by atoms with Crippen molar-refractivity contribution in [1.82, 2.24) is 14.8 Å². The lowest BCUT2D eigenvalue weighted by Crippen LogP contribution is -2.38. The second-order valence-electron chi connectivity index (χ2n) is 13.8. The number of pyridine rings is 1. The van der Waals surface area contributed by atoms with Crippen LogP contribution in [-0.2, 0) is 4.74 Å². The van der Waals surface area contributed by atoms with Crippen molar-refractivity contribution in [2.24, 2.45) is 0 Å². The number of aliphatic hydroxyl groups excluding tert-OH is 2. The molecule has 1 aromatic heterocycles. The van der Waals surface area contributed by atoms with Gasteiger partial charge in [0.05, 0.1) is 80.2 Å². The fraction of sp³-hybridized carbons (Fsp3) is 0.462. The molecule has 5 N–H and O–H groups in total. The molecule has 3 atom stereocenters. The number of nitrogens with zero attached hydrogens (tertiary/aromatic N) is 4. The summed E-state index contributed by atoms with van der Waals surface area (Å²) in [6.07, 6.45) is 2.06. The molecule has 20 nitrogen and oxygen atoms in total. The van der Waals surface area contributed by atoms with Crippen LogP contribution in [0.25, 0.3) is 0 Å². The van der Waals surface area contributed by atoms with Crippen LogP contribution in [0.5, 0.6) is 23.0 Å². The SMILES string of the molecule is COc1cc(C(=O)N2CCC[C@H]2CO)c(NC(=O)O)cc1OCCCOc1cc(NC(=O)OCC(C)SSc2ncccc2[N+](=O)[O-])c(C(=O)N2CCC[C@H]2CO)cc1OC. The van der Waals surface area contributed by atoms with E-state index in [2.05, 4.69) is 15.6 Å². The van der Waals surface area contributed by atoms with Crippen molar-refractivity contribution in [2.75, 3.05) is 71.0 Å². The zero-order valence-electron chi connectivity index (χ0n) is 33.7. The average Bonchev–Trinajstić information content (AvgIpc) is 3.94. The third-order valence-electron chi connectivity index (χ3n) is 9.74. The third kappa shape index (κ3) is 12.0. The van der Waals surface area contributed by atoms with Crippen LogP contribution in [-0.4, -0.2) is 137 Å². The van der Waals surface area contributed by atoms with Gasteiger partial charge < -0.3 is 48.8 Å². The lowest BCUT2D eigenvalue weighted by Gasteiger charge is -2.25. The van der Waals surface area contributed by atoms with Crippen molar-refractivity contribution in [1.29, 1.82) is 0 Å². The molecular weight excluding hydrogens is 841 g/mol. The number of carbonyl (C=O) groups is 4. The first kappa shape index (κ1) is 46.4. The number of ether oxygens (including phenoxy) is 5. The smallest absolute Gasteiger partial charge is 0.411 e. The van der Waals surface area contributed by atoms with Gasteiger partial charge >= 0.3 is 17.9 Å². The van der Waals surface area contributed by atoms with E-state index in [4.69, 9.17) is 23.7 Å². The molecule has 0 bridgehead atoms. The maximum atomic E-state index is 13.9. The van der Waals surface area contributed by atoms with Gasteiger partial charge in [-0.05, 0) is 61.6 Å². The number of benzene rings is 2. The maximum Gasteiger partial charge on any atom is 0.411 e. The van der Waals surface area contributed by atoms with Gasteiger partial charge in [-0.2, -0.15) is 0 Å². The van der Waals surface area contributed by atoms with E-state index in [9.17, 15) is 44.6 Å². The second-order valence-corrected chi connectivity index (χ2v) is 16.5. The Labute approximate surface area is 358 Å². The van der Waals surface area contributed by atoms with Gasteiger partial charge in [0.15, 0.2) is 28.0 Å². The lowest BCUT2D eigenvalue weighted by molar-refractivity contribution is -0.388. The van der Waals surface area contributed by atoms with E-state index in [-0.39, 0.29) is 107 Å². The number of carboxylic acid groups (broad SMARTS) is 1. The molecule has 0 aliphatic carbocycles. The molecule has 2 fully saturated rings. The predicted molar refractivity (Wildman–Crippen MR) is 224 cm³/mol. The largest absolute Gasteiger partial charge is 0.493 e. The van der Waals surface area contributed by atoms with Crippen LogP contribution in [0.15, 0.2) is 47.6 Å². The second kappa shape index (κ2) is 22.2. The molecule has 0 saturated carbocycles. The molecule has 2 saturated heterocycles. The number of likely N-dealkylation sites (tertiary alicyclic amines) is 2. The Kier molecular flexibility index (Phi) is 16.9. The summed E-state index contributed by atoms with van der Waals surface area (Å²) >= 11 is 0. The Bertz CT molecular complexity index is 2060. The van der Waals surface area contributed by atoms with Gasteiger partial charge in [0, 0.05) is 49.2 Å². The van der Waals surface area contributed by atoms with E-state index >= 15 is 0 Å². The maximum absolute atomic E-state index is 13.9. The number of methoxy groups -OCH3 is 2. The van der Waals surface area contributed by atoms with Gasteiger partial charge in [0.2, 0.25) is 0 Å². The number of amides is 4. The van der Waals surface area contributed by atoms with E-state index < -0.39 is 35.0 Å². The highest BCUT2D eigenvalue weighted by molar-refractivity contribution is 8.77. The topological polar surface area (TPSA) is 262 Å². The first-order chi connectivity index (χ1) is 29.4. The van der Waals surface area contributed by atoms with Crippen LogP contribution in [0.2, 0.25) is 0 Å². The third-order valence-corrected chi connectivity index (χ3v) is 12.5. The first-order valence-corrected chi connectivity index (χ1v) is 21.5. The number of nitrogens with one attached hydrogen (secondary N) is 2. The molecule has 3 heterocycles. The zero-order valence-corrected chi connectivity index (χ0v) is 35.3. The van der Waals surface area contributed by atoms with Crippen molar-refractivity contribution >= 4 is 62.7 Å². The van der Waals surface area contributed by atoms with Crippen LogP contribution < -0.4 is 29.6 Å². The van der Waals surface area contributed by atoms with Crippen LogP contribution in [0.1, 0.15) is 59.7 Å². The van der Waals surface area contributed by atoms with Crippen LogP contribution >= 0.6 is 21.6 Å². The van der Waals surface area contributed by atoms with Crippen LogP contribution in [0.3, 0.4) is 0 Å². The summed E-state index contributed by atoms with van der Waals surface area (Å²) in [6.45, 7) is 2.12. The van der Waals surface area contributed by atoms with E-state index in [1.165, 1.54) is 77.4 Å². The Balaban J connectivity index is 1.26. The highest BCUT2D eigenvalue weighted by Crippen LogP contribution is 2.39. The molecule has 330 valence electrons. The number of hydrogen-bond donors (Lipinski definition) is 5. The summed E-state index contributed by atoms with van der Waals surface area (Å²) in [5.74, 6) is -0.231. The van der Waals surface area contributed by atoms with Crippen molar-refractivity contribution in [3.63, 3.8) is 0 Å². The lowest BCUT2D eigenvalue weighted by atomic mass is 10.1.